The molecule has 2 aromatic heterocycles. The Morgan fingerprint density at radius 2 is 0.807 bits per heavy atom. The van der Waals surface area contributed by atoms with E-state index in [0.717, 1.165) is 67.8 Å². The Morgan fingerprint density at radius 1 is 0.373 bits per heavy atom. The van der Waals surface area contributed by atoms with Crippen molar-refractivity contribution in [1.82, 2.24) is 9.13 Å². The number of aromatic nitrogens is 2. The van der Waals surface area contributed by atoms with Crippen LogP contribution in [0.4, 0.5) is 34.1 Å². The number of hydrogen-bond acceptors (Lipinski definition) is 2. The van der Waals surface area contributed by atoms with E-state index in [1.807, 2.05) is 6.08 Å². The van der Waals surface area contributed by atoms with Crippen LogP contribution in [0.5, 0.6) is 0 Å². The van der Waals surface area contributed by atoms with Gasteiger partial charge in [0.15, 0.2) is 0 Å². The van der Waals surface area contributed by atoms with Gasteiger partial charge in [0.05, 0.1) is 33.6 Å². The number of rotatable bonds is 12. The number of fused-ring (bicyclic) bond motifs is 4. The second-order valence-corrected chi connectivity index (χ2v) is 22.0. The molecule has 0 unspecified atom stereocenters. The molecule has 15 aromatic rings. The van der Waals surface area contributed by atoms with Crippen molar-refractivity contribution in [2.75, 3.05) is 9.80 Å². The Labute approximate surface area is 483 Å². The van der Waals surface area contributed by atoms with Gasteiger partial charge >= 0.3 is 0 Å². The summed E-state index contributed by atoms with van der Waals surface area (Å²) in [7, 11) is 0. The normalized spacial score (nSPS) is 11.9. The minimum absolute atomic E-state index is 1.08. The van der Waals surface area contributed by atoms with Gasteiger partial charge in [-0.05, 0) is 186 Å². The molecule has 4 nitrogen and oxygen atoms in total. The number of benzene rings is 13. The summed E-state index contributed by atoms with van der Waals surface area (Å²) < 4.78 is 4.69. The lowest BCUT2D eigenvalue weighted by Crippen LogP contribution is -2.11. The molecular formula is C79H58N4. The molecule has 0 saturated heterocycles. The summed E-state index contributed by atoms with van der Waals surface area (Å²) >= 11 is 0. The molecule has 0 saturated carbocycles. The Balaban J connectivity index is 0.826. The molecule has 13 aromatic carbocycles. The van der Waals surface area contributed by atoms with Gasteiger partial charge in [-0.15, -0.1) is 0 Å². The van der Waals surface area contributed by atoms with Gasteiger partial charge in [0.1, 0.15) is 0 Å². The maximum Gasteiger partial charge on any atom is 0.0541 e. The predicted octanol–water partition coefficient (Wildman–Crippen LogP) is 22.1. The lowest BCUT2D eigenvalue weighted by atomic mass is 9.91. The van der Waals surface area contributed by atoms with E-state index in [4.69, 9.17) is 0 Å². The van der Waals surface area contributed by atoms with Crippen LogP contribution in [0.2, 0.25) is 0 Å². The summed E-state index contributed by atoms with van der Waals surface area (Å²) in [6.45, 7) is 10.8. The summed E-state index contributed by atoms with van der Waals surface area (Å²) in [4.78, 5) is 4.86. The molecular weight excluding hydrogens is 1000 g/mol. The van der Waals surface area contributed by atoms with Crippen molar-refractivity contribution in [3.63, 3.8) is 0 Å². The number of aryl methyl sites for hydroxylation is 2. The van der Waals surface area contributed by atoms with Crippen LogP contribution in [0, 0.1) is 13.8 Å². The number of nitrogens with zero attached hydrogens (tertiary/aromatic N) is 4. The zero-order valence-corrected chi connectivity index (χ0v) is 46.6. The minimum atomic E-state index is 1.08. The largest absolute Gasteiger partial charge is 0.310 e. The molecule has 4 heteroatoms. The maximum atomic E-state index is 4.31. The first-order valence-corrected chi connectivity index (χ1v) is 28.6. The van der Waals surface area contributed by atoms with Gasteiger partial charge in [0.2, 0.25) is 0 Å². The first-order valence-electron chi connectivity index (χ1n) is 28.6. The molecule has 83 heavy (non-hydrogen) atoms. The van der Waals surface area contributed by atoms with E-state index in [0.29, 0.717) is 0 Å². The lowest BCUT2D eigenvalue weighted by Gasteiger charge is -2.29. The molecule has 0 amide bonds. The minimum Gasteiger partial charge on any atom is -0.310 e. The third-order valence-corrected chi connectivity index (χ3v) is 16.9. The summed E-state index contributed by atoms with van der Waals surface area (Å²) in [6.07, 6.45) is 4.31. The van der Waals surface area contributed by atoms with Crippen molar-refractivity contribution in [2.45, 2.75) is 20.8 Å². The van der Waals surface area contributed by atoms with Crippen molar-refractivity contribution in [3.8, 4) is 22.5 Å². The third kappa shape index (κ3) is 8.37. The van der Waals surface area contributed by atoms with Crippen molar-refractivity contribution < 1.29 is 0 Å². The molecule has 15 rings (SSSR count). The van der Waals surface area contributed by atoms with E-state index in [9.17, 15) is 0 Å². The molecule has 0 spiro atoms. The van der Waals surface area contributed by atoms with Crippen molar-refractivity contribution in [1.29, 1.82) is 0 Å². The second-order valence-electron chi connectivity index (χ2n) is 22.0. The molecule has 0 atom stereocenters. The van der Waals surface area contributed by atoms with Crippen LogP contribution < -0.4 is 9.80 Å². The molecule has 0 aliphatic rings. The van der Waals surface area contributed by atoms with E-state index >= 15 is 0 Å². The van der Waals surface area contributed by atoms with Gasteiger partial charge in [0, 0.05) is 66.6 Å². The fraction of sp³-hybridized carbons (Fsp3) is 0.0380. The van der Waals surface area contributed by atoms with E-state index in [1.165, 1.54) is 87.3 Å². The topological polar surface area (TPSA) is 16.3 Å². The summed E-state index contributed by atoms with van der Waals surface area (Å²) in [5, 5.41) is 11.0. The Bertz CT molecular complexity index is 4970. The maximum absolute atomic E-state index is 4.31. The number of allylic oxidation sites excluding steroid dienone is 1. The van der Waals surface area contributed by atoms with Gasteiger partial charge in [-0.25, -0.2) is 0 Å². The molecule has 394 valence electrons. The molecule has 0 fully saturated rings. The molecule has 2 heterocycles. The zero-order chi connectivity index (χ0) is 55.7. The molecule has 0 aliphatic carbocycles. The highest BCUT2D eigenvalue weighted by atomic mass is 15.2. The average Bonchev–Trinajstić information content (AvgIpc) is 3.80. The van der Waals surface area contributed by atoms with Crippen LogP contribution in [0.15, 0.2) is 280 Å². The van der Waals surface area contributed by atoms with Crippen LogP contribution in [0.25, 0.3) is 105 Å². The van der Waals surface area contributed by atoms with E-state index in [1.54, 1.807) is 0 Å². The highest BCUT2D eigenvalue weighted by Gasteiger charge is 2.23. The van der Waals surface area contributed by atoms with Gasteiger partial charge in [-0.2, -0.15) is 0 Å². The van der Waals surface area contributed by atoms with Gasteiger partial charge in [-0.3, -0.25) is 0 Å². The SMILES string of the molecule is C=Cc1c(/C=C(\C)c2ccc(N(c3ccc(C)cc3)c3ccc4ccc5c(N(c6ccc(C)cc6)c6ccc(-c7ccc8c(c7)c7ccccc7n8-c7ccccc7)cc6)ccc6ccc3c4c65)cc2)c2ccccc2n1-c1ccccc1. The fourth-order valence-electron chi connectivity index (χ4n) is 12.9. The van der Waals surface area contributed by atoms with Crippen LogP contribution >= 0.6 is 0 Å². The van der Waals surface area contributed by atoms with Crippen LogP contribution in [-0.4, -0.2) is 9.13 Å². The second kappa shape index (κ2) is 20.1. The van der Waals surface area contributed by atoms with Crippen LogP contribution in [-0.2, 0) is 0 Å². The van der Waals surface area contributed by atoms with Crippen molar-refractivity contribution >= 4 is 117 Å². The van der Waals surface area contributed by atoms with Crippen LogP contribution in [0.1, 0.15) is 34.9 Å². The first-order chi connectivity index (χ1) is 40.9. The highest BCUT2D eigenvalue weighted by Crippen LogP contribution is 2.48. The van der Waals surface area contributed by atoms with E-state index in [-0.39, 0.29) is 0 Å². The van der Waals surface area contributed by atoms with Crippen molar-refractivity contribution in [3.05, 3.63) is 308 Å². The summed E-state index contributed by atoms with van der Waals surface area (Å²) in [5.41, 5.74) is 21.8. The summed E-state index contributed by atoms with van der Waals surface area (Å²) in [6, 6.07) is 100. The average molecular weight is 1060 g/mol. The van der Waals surface area contributed by atoms with Gasteiger partial charge in [0.25, 0.3) is 0 Å². The first kappa shape index (κ1) is 49.4. The monoisotopic (exact) mass is 1060 g/mol. The Hall–Kier alpha value is -10.7. The smallest absolute Gasteiger partial charge is 0.0541 e. The Morgan fingerprint density at radius 3 is 1.35 bits per heavy atom. The van der Waals surface area contributed by atoms with E-state index < -0.39 is 0 Å². The number of anilines is 6. The van der Waals surface area contributed by atoms with E-state index in [2.05, 4.69) is 325 Å². The fourth-order valence-corrected chi connectivity index (χ4v) is 12.9. The standard InChI is InChI=1S/C79H58N4/c1-5-72-70(66-20-12-14-22-73(66)82(72)60-16-8-6-9-17-60)50-54(4)55-28-41-64(42-29-55)80(62-37-24-52(2)25-38-62)75-47-34-57-33-46-69-76(48-35-58-32-45-68(75)78(57)79(58)69)81(63-39-26-53(3)27-40-63)65-43-30-56(31-44-65)59-36-49-77-71(51-59)67-21-13-15-23-74(67)83(77)61-18-10-7-11-19-61/h5-51H,1H2,2-4H3/b54-50+. The summed E-state index contributed by atoms with van der Waals surface area (Å²) in [5.74, 6) is 0. The number of para-hydroxylation sites is 4. The van der Waals surface area contributed by atoms with Gasteiger partial charge < -0.3 is 18.9 Å². The lowest BCUT2D eigenvalue weighted by molar-refractivity contribution is 1.11. The number of hydrogen-bond donors (Lipinski definition) is 0. The Kier molecular flexibility index (Phi) is 12.0. The molecule has 0 aliphatic heterocycles. The molecule has 0 N–H and O–H groups in total. The van der Waals surface area contributed by atoms with Gasteiger partial charge in [-0.1, -0.05) is 181 Å². The quantitative estimate of drug-likeness (QED) is 0.113. The highest BCUT2D eigenvalue weighted by molar-refractivity contribution is 6.28. The van der Waals surface area contributed by atoms with Crippen molar-refractivity contribution in [2.24, 2.45) is 0 Å². The molecule has 0 bridgehead atoms. The predicted molar refractivity (Wildman–Crippen MR) is 356 cm³/mol. The zero-order valence-electron chi connectivity index (χ0n) is 46.6. The molecule has 0 radical (unpaired) electrons. The third-order valence-electron chi connectivity index (χ3n) is 16.9. The van der Waals surface area contributed by atoms with Crippen LogP contribution in [0.3, 0.4) is 0 Å².